The monoisotopic (exact) mass is 359 g/mol. The van der Waals surface area contributed by atoms with Gasteiger partial charge >= 0.3 is 0 Å². The van der Waals surface area contributed by atoms with Crippen molar-refractivity contribution in [3.8, 4) is 0 Å². The zero-order chi connectivity index (χ0) is 18.0. The Kier molecular flexibility index (Phi) is 5.27. The smallest absolute Gasteiger partial charge is 0.294 e. The van der Waals surface area contributed by atoms with E-state index >= 15 is 0 Å². The quantitative estimate of drug-likeness (QED) is 0.764. The summed E-state index contributed by atoms with van der Waals surface area (Å²) in [5, 5.41) is 0. The van der Waals surface area contributed by atoms with Gasteiger partial charge in [-0.25, -0.2) is 0 Å². The van der Waals surface area contributed by atoms with Crippen molar-refractivity contribution in [1.82, 2.24) is 4.90 Å². The fraction of sp³-hybridized carbons (Fsp3) is 0.400. The molecule has 0 spiro atoms. The minimum Gasteiger partial charge on any atom is -0.294 e. The molecule has 0 N–H and O–H groups in total. The second kappa shape index (κ2) is 7.28. The molecule has 1 aliphatic rings. The first-order valence-electron chi connectivity index (χ1n) is 8.63. The van der Waals surface area contributed by atoms with Crippen molar-refractivity contribution in [2.75, 3.05) is 6.54 Å². The predicted octanol–water partition coefficient (Wildman–Crippen LogP) is 3.67. The molecule has 3 rings (SSSR count). The van der Waals surface area contributed by atoms with Crippen molar-refractivity contribution in [3.63, 3.8) is 0 Å². The average Bonchev–Trinajstić information content (AvgIpc) is 2.86. The van der Waals surface area contributed by atoms with Crippen LogP contribution in [0.4, 0.5) is 0 Å². The highest BCUT2D eigenvalue weighted by Crippen LogP contribution is 2.27. The van der Waals surface area contributed by atoms with Crippen LogP contribution < -0.4 is 0 Å². The Bertz CT molecular complexity index is 833. The Morgan fingerprint density at radius 2 is 1.84 bits per heavy atom. The number of rotatable bonds is 5. The van der Waals surface area contributed by atoms with Gasteiger partial charge in [-0.05, 0) is 44.4 Å². The first-order valence-corrected chi connectivity index (χ1v) is 10.0. The summed E-state index contributed by atoms with van der Waals surface area (Å²) in [6.07, 6.45) is 0.418. The van der Waals surface area contributed by atoms with Crippen molar-refractivity contribution >= 4 is 10.1 Å². The predicted molar refractivity (Wildman–Crippen MR) is 98.9 cm³/mol. The largest absolute Gasteiger partial charge is 0.297 e. The van der Waals surface area contributed by atoms with Gasteiger partial charge in [0.1, 0.15) is 0 Å². The van der Waals surface area contributed by atoms with Crippen LogP contribution in [0.1, 0.15) is 30.0 Å². The molecule has 0 bridgehead atoms. The zero-order valence-electron chi connectivity index (χ0n) is 15.0. The Labute approximate surface area is 150 Å². The number of hydrogen-bond donors (Lipinski definition) is 0. The van der Waals surface area contributed by atoms with E-state index in [1.54, 1.807) is 6.07 Å². The fourth-order valence-electron chi connectivity index (χ4n) is 3.46. The van der Waals surface area contributed by atoms with Gasteiger partial charge in [-0.2, -0.15) is 8.42 Å². The summed E-state index contributed by atoms with van der Waals surface area (Å²) in [6.45, 7) is 7.31. The van der Waals surface area contributed by atoms with Crippen LogP contribution in [0.5, 0.6) is 0 Å². The molecular weight excluding hydrogens is 334 g/mol. The van der Waals surface area contributed by atoms with Gasteiger partial charge in [0.25, 0.3) is 10.1 Å². The average molecular weight is 359 g/mol. The standard InChI is InChI=1S/C20H25NO3S/c1-15-9-10-20(16(2)11-15)25(22,23)24-19-12-17(3)21(14-19)13-18-7-5-4-6-8-18/h4-11,17,19H,12-14H2,1-3H3. The van der Waals surface area contributed by atoms with Gasteiger partial charge in [0.05, 0.1) is 11.0 Å². The van der Waals surface area contributed by atoms with E-state index in [9.17, 15) is 8.42 Å². The summed E-state index contributed by atoms with van der Waals surface area (Å²) in [6, 6.07) is 15.8. The lowest BCUT2D eigenvalue weighted by atomic mass is 10.2. The minimum absolute atomic E-state index is 0.271. The van der Waals surface area contributed by atoms with Crippen molar-refractivity contribution in [2.24, 2.45) is 0 Å². The van der Waals surface area contributed by atoms with E-state index in [2.05, 4.69) is 24.0 Å². The first kappa shape index (κ1) is 18.1. The van der Waals surface area contributed by atoms with E-state index < -0.39 is 10.1 Å². The highest BCUT2D eigenvalue weighted by atomic mass is 32.2. The van der Waals surface area contributed by atoms with E-state index in [4.69, 9.17) is 4.18 Å². The SMILES string of the molecule is Cc1ccc(S(=O)(=O)OC2CC(C)N(Cc3ccccc3)C2)c(C)c1. The molecule has 2 aromatic carbocycles. The van der Waals surface area contributed by atoms with Gasteiger partial charge in [0, 0.05) is 19.1 Å². The van der Waals surface area contributed by atoms with Crippen LogP contribution in [-0.4, -0.2) is 32.0 Å². The highest BCUT2D eigenvalue weighted by Gasteiger charge is 2.33. The van der Waals surface area contributed by atoms with E-state index in [-0.39, 0.29) is 11.0 Å². The van der Waals surface area contributed by atoms with Crippen molar-refractivity contribution in [1.29, 1.82) is 0 Å². The Hall–Kier alpha value is -1.69. The summed E-state index contributed by atoms with van der Waals surface area (Å²) >= 11 is 0. The minimum atomic E-state index is -3.74. The van der Waals surface area contributed by atoms with E-state index in [1.807, 2.05) is 44.2 Å². The molecule has 0 saturated carbocycles. The zero-order valence-corrected chi connectivity index (χ0v) is 15.8. The molecule has 0 radical (unpaired) electrons. The topological polar surface area (TPSA) is 46.6 Å². The van der Waals surface area contributed by atoms with Crippen LogP contribution in [0.2, 0.25) is 0 Å². The van der Waals surface area contributed by atoms with E-state index in [1.165, 1.54) is 5.56 Å². The maximum Gasteiger partial charge on any atom is 0.297 e. The van der Waals surface area contributed by atoms with Gasteiger partial charge in [-0.15, -0.1) is 0 Å². The van der Waals surface area contributed by atoms with E-state index in [0.717, 1.165) is 24.1 Å². The molecule has 1 fully saturated rings. The number of nitrogens with zero attached hydrogens (tertiary/aromatic N) is 1. The molecule has 1 heterocycles. The molecule has 5 heteroatoms. The van der Waals surface area contributed by atoms with Gasteiger partial charge in [-0.1, -0.05) is 48.0 Å². The molecule has 0 aromatic heterocycles. The molecule has 0 aliphatic carbocycles. The third kappa shape index (κ3) is 4.29. The molecule has 0 amide bonds. The maximum atomic E-state index is 12.7. The van der Waals surface area contributed by atoms with Crippen molar-refractivity contribution < 1.29 is 12.6 Å². The lowest BCUT2D eigenvalue weighted by Crippen LogP contribution is -2.28. The van der Waals surface area contributed by atoms with Crippen molar-refractivity contribution in [2.45, 2.75) is 50.8 Å². The molecular formula is C20H25NO3S. The summed E-state index contributed by atoms with van der Waals surface area (Å²) in [7, 11) is -3.74. The van der Waals surface area contributed by atoms with E-state index in [0.29, 0.717) is 12.6 Å². The summed E-state index contributed by atoms with van der Waals surface area (Å²) < 4.78 is 30.9. The molecule has 4 nitrogen and oxygen atoms in total. The molecule has 2 atom stereocenters. The first-order chi connectivity index (χ1) is 11.8. The van der Waals surface area contributed by atoms with Crippen LogP contribution in [0.3, 0.4) is 0 Å². The lowest BCUT2D eigenvalue weighted by molar-refractivity contribution is 0.200. The molecule has 1 aliphatic heterocycles. The van der Waals surface area contributed by atoms with Crippen LogP contribution >= 0.6 is 0 Å². The summed E-state index contributed by atoms with van der Waals surface area (Å²) in [4.78, 5) is 2.55. The molecule has 25 heavy (non-hydrogen) atoms. The molecule has 1 saturated heterocycles. The third-order valence-corrected chi connectivity index (χ3v) is 6.28. The van der Waals surface area contributed by atoms with Crippen LogP contribution in [0.15, 0.2) is 53.4 Å². The normalized spacial score (nSPS) is 21.6. The Balaban J connectivity index is 1.69. The Morgan fingerprint density at radius 3 is 2.52 bits per heavy atom. The van der Waals surface area contributed by atoms with Gasteiger partial charge in [0.15, 0.2) is 0 Å². The molecule has 2 aromatic rings. The molecule has 2 unspecified atom stereocenters. The number of likely N-dealkylation sites (tertiary alicyclic amines) is 1. The highest BCUT2D eigenvalue weighted by molar-refractivity contribution is 7.86. The van der Waals surface area contributed by atoms with Gasteiger partial charge in [0.2, 0.25) is 0 Å². The van der Waals surface area contributed by atoms with Crippen LogP contribution in [0.25, 0.3) is 0 Å². The number of aryl methyl sites for hydroxylation is 2. The van der Waals surface area contributed by atoms with Gasteiger partial charge in [-0.3, -0.25) is 9.08 Å². The second-order valence-electron chi connectivity index (χ2n) is 6.94. The van der Waals surface area contributed by atoms with Gasteiger partial charge < -0.3 is 0 Å². The van der Waals surface area contributed by atoms with Crippen LogP contribution in [0, 0.1) is 13.8 Å². The summed E-state index contributed by atoms with van der Waals surface area (Å²) in [5.41, 5.74) is 3.00. The number of benzene rings is 2. The summed E-state index contributed by atoms with van der Waals surface area (Å²) in [5.74, 6) is 0. The number of hydrogen-bond acceptors (Lipinski definition) is 4. The third-order valence-electron chi connectivity index (χ3n) is 4.76. The Morgan fingerprint density at radius 1 is 1.12 bits per heavy atom. The lowest BCUT2D eigenvalue weighted by Gasteiger charge is -2.20. The maximum absolute atomic E-state index is 12.7. The fourth-order valence-corrected chi connectivity index (χ4v) is 4.75. The second-order valence-corrected chi connectivity index (χ2v) is 8.48. The molecule has 134 valence electrons. The van der Waals surface area contributed by atoms with Crippen molar-refractivity contribution in [3.05, 3.63) is 65.2 Å². The van der Waals surface area contributed by atoms with Crippen LogP contribution in [-0.2, 0) is 20.8 Å².